The first-order chi connectivity index (χ1) is 18.4. The number of unbranched alkanes of at least 4 members (excludes halogenated alkanes) is 1. The Kier molecular flexibility index (Phi) is 23.5. The van der Waals surface area contributed by atoms with Crippen LogP contribution in [0.5, 0.6) is 0 Å². The summed E-state index contributed by atoms with van der Waals surface area (Å²) in [7, 11) is 0. The largest absolute Gasteiger partial charge is 1.00 e. The fourth-order valence-corrected chi connectivity index (χ4v) is 4.21. The maximum atomic E-state index is 11.8. The van der Waals surface area contributed by atoms with Crippen molar-refractivity contribution in [3.8, 4) is 0 Å². The standard InChI is InChI=1S/C13H16O3S.C5H8O2.C4H5ClO.C4H4S.C4H9.Li/c1-9(2)12(14)16-13(8-15-7-10(13)3)11-5-4-6-17-11;1-4-5(6)2-3-7-4;1-3(2)4(5)6;1-2-4-5-3-1;1-3-4-2;/h4-6,10H,1,7-8H2,2-3H3;4H,2-3H2,1H3;1H2,2H3;1-4H;1,3-4H2,2H3;/q;;;;-1;+1. The minimum Gasteiger partial charge on any atom is -0.447 e. The van der Waals surface area contributed by atoms with Crippen LogP contribution in [-0.2, 0) is 34.2 Å². The van der Waals surface area contributed by atoms with Crippen LogP contribution in [0.2, 0.25) is 0 Å². The number of ether oxygens (including phenoxy) is 3. The number of ketones is 1. The quantitative estimate of drug-likeness (QED) is 0.161. The van der Waals surface area contributed by atoms with E-state index in [0.29, 0.717) is 37.4 Å². The van der Waals surface area contributed by atoms with Crippen molar-refractivity contribution in [3.05, 3.63) is 76.5 Å². The smallest absolute Gasteiger partial charge is 0.447 e. The summed E-state index contributed by atoms with van der Waals surface area (Å²) in [6.45, 7) is 21.3. The van der Waals surface area contributed by atoms with Crippen LogP contribution < -0.4 is 18.9 Å². The maximum absolute atomic E-state index is 11.8. The summed E-state index contributed by atoms with van der Waals surface area (Å²) in [6.07, 6.45) is 2.77. The van der Waals surface area contributed by atoms with Gasteiger partial charge in [0.2, 0.25) is 5.24 Å². The molecule has 218 valence electrons. The number of thiophene rings is 2. The van der Waals surface area contributed by atoms with Crippen LogP contribution in [0, 0.1) is 12.8 Å². The Morgan fingerprint density at radius 1 is 1.15 bits per heavy atom. The van der Waals surface area contributed by atoms with Crippen molar-refractivity contribution in [3.63, 3.8) is 0 Å². The molecule has 0 spiro atoms. The molecule has 10 heteroatoms. The Morgan fingerprint density at radius 3 is 1.98 bits per heavy atom. The molecule has 0 radical (unpaired) electrons. The average Bonchev–Trinajstić information content (AvgIpc) is 3.72. The Balaban J connectivity index is 0. The molecule has 2 aliphatic heterocycles. The predicted molar refractivity (Wildman–Crippen MR) is 162 cm³/mol. The number of hydrogen-bond acceptors (Lipinski definition) is 8. The number of allylic oxidation sites excluding steroid dienone is 1. The molecule has 2 aromatic rings. The van der Waals surface area contributed by atoms with Gasteiger partial charge >= 0.3 is 24.8 Å². The van der Waals surface area contributed by atoms with E-state index in [-0.39, 0.29) is 42.6 Å². The number of rotatable bonds is 5. The molecular formula is C30H42ClLiO6S2. The van der Waals surface area contributed by atoms with E-state index < -0.39 is 10.8 Å². The molecule has 3 unspecified atom stereocenters. The second-order valence-electron chi connectivity index (χ2n) is 8.88. The van der Waals surface area contributed by atoms with E-state index in [9.17, 15) is 14.4 Å². The number of hydrogen-bond donors (Lipinski definition) is 0. The van der Waals surface area contributed by atoms with E-state index in [2.05, 4.69) is 27.0 Å². The van der Waals surface area contributed by atoms with E-state index in [1.165, 1.54) is 6.42 Å². The fraction of sp³-hybridized carbons (Fsp3) is 0.467. The molecule has 2 aliphatic rings. The van der Waals surface area contributed by atoms with Crippen molar-refractivity contribution in [2.75, 3.05) is 19.8 Å². The van der Waals surface area contributed by atoms with E-state index in [1.807, 2.05) is 47.3 Å². The summed E-state index contributed by atoms with van der Waals surface area (Å²) in [5, 5.41) is 5.60. The minimum atomic E-state index is -0.635. The summed E-state index contributed by atoms with van der Waals surface area (Å²) in [6, 6.07) is 7.98. The van der Waals surface area contributed by atoms with Crippen molar-refractivity contribution < 1.29 is 47.5 Å². The Hall–Kier alpha value is -1.50. The topological polar surface area (TPSA) is 78.9 Å². The SMILES string of the molecule is C=C(C)C(=O)Cl.C=C(C)C(=O)OC1(c2cccs2)COCC1C.CC1OCCC1=O.[CH2-]CCC.[Li+].c1ccsc1. The third-order valence-electron chi connectivity index (χ3n) is 5.33. The second-order valence-corrected chi connectivity index (χ2v) is 11.0. The van der Waals surface area contributed by atoms with Crippen molar-refractivity contribution in [1.29, 1.82) is 0 Å². The summed E-state index contributed by atoms with van der Waals surface area (Å²) >= 11 is 8.18. The van der Waals surface area contributed by atoms with E-state index >= 15 is 0 Å². The minimum absolute atomic E-state index is 0. The second kappa shape index (κ2) is 23.1. The van der Waals surface area contributed by atoms with Crippen molar-refractivity contribution in [1.82, 2.24) is 0 Å². The Morgan fingerprint density at radius 2 is 1.73 bits per heavy atom. The Labute approximate surface area is 265 Å². The number of Topliss-reactive ketones (excluding diaryl/α,β-unsaturated/α-hetero) is 1. The zero-order valence-corrected chi connectivity index (χ0v) is 27.1. The van der Waals surface area contributed by atoms with Gasteiger partial charge in [0.05, 0.1) is 24.7 Å². The fourth-order valence-electron chi connectivity index (χ4n) is 2.79. The van der Waals surface area contributed by atoms with Gasteiger partial charge in [-0.25, -0.2) is 4.79 Å². The van der Waals surface area contributed by atoms with Crippen LogP contribution in [0.3, 0.4) is 0 Å². The van der Waals surface area contributed by atoms with Gasteiger partial charge in [-0.3, -0.25) is 9.59 Å². The molecule has 4 heterocycles. The van der Waals surface area contributed by atoms with Crippen LogP contribution in [0.25, 0.3) is 0 Å². The van der Waals surface area contributed by atoms with Crippen molar-refractivity contribution in [2.24, 2.45) is 5.92 Å². The van der Waals surface area contributed by atoms with Crippen molar-refractivity contribution >= 4 is 51.3 Å². The number of carbonyl (C=O) groups is 3. The molecule has 2 aromatic heterocycles. The molecule has 0 saturated carbocycles. The van der Waals surface area contributed by atoms with Crippen LogP contribution >= 0.6 is 34.3 Å². The molecule has 3 atom stereocenters. The molecule has 0 aromatic carbocycles. The van der Waals surface area contributed by atoms with Gasteiger partial charge in [-0.05, 0) is 54.6 Å². The van der Waals surface area contributed by atoms with Gasteiger partial charge in [-0.2, -0.15) is 17.8 Å². The first-order valence-electron chi connectivity index (χ1n) is 12.7. The number of halogens is 1. The van der Waals surface area contributed by atoms with Crippen LogP contribution in [0.4, 0.5) is 0 Å². The molecule has 2 saturated heterocycles. The van der Waals surface area contributed by atoms with Gasteiger partial charge in [-0.15, -0.1) is 11.3 Å². The molecule has 0 amide bonds. The average molecular weight is 605 g/mol. The Bertz CT molecular complexity index is 963. The van der Waals surface area contributed by atoms with Gasteiger partial charge in [0.1, 0.15) is 6.10 Å². The summed E-state index contributed by atoms with van der Waals surface area (Å²) in [5.74, 6) is 0.0419. The molecule has 40 heavy (non-hydrogen) atoms. The maximum Gasteiger partial charge on any atom is 1.00 e. The molecule has 0 aliphatic carbocycles. The molecule has 2 fully saturated rings. The van der Waals surface area contributed by atoms with E-state index in [4.69, 9.17) is 25.8 Å². The van der Waals surface area contributed by atoms with Gasteiger partial charge in [0.15, 0.2) is 11.4 Å². The third kappa shape index (κ3) is 16.1. The summed E-state index contributed by atoms with van der Waals surface area (Å²) in [4.78, 5) is 33.1. The number of carbonyl (C=O) groups excluding carboxylic acids is 3. The zero-order valence-electron chi connectivity index (χ0n) is 24.7. The molecule has 6 nitrogen and oxygen atoms in total. The predicted octanol–water partition coefficient (Wildman–Crippen LogP) is 4.79. The van der Waals surface area contributed by atoms with Crippen LogP contribution in [0.1, 0.15) is 58.8 Å². The molecule has 0 N–H and O–H groups in total. The number of esters is 1. The first-order valence-corrected chi connectivity index (χ1v) is 14.9. The zero-order chi connectivity index (χ0) is 29.8. The monoisotopic (exact) mass is 604 g/mol. The summed E-state index contributed by atoms with van der Waals surface area (Å²) < 4.78 is 16.1. The van der Waals surface area contributed by atoms with E-state index in [0.717, 1.165) is 11.3 Å². The van der Waals surface area contributed by atoms with Gasteiger partial charge < -0.3 is 21.1 Å². The third-order valence-corrected chi connectivity index (χ3v) is 7.31. The molecule has 0 bridgehead atoms. The van der Waals surface area contributed by atoms with Crippen LogP contribution in [-0.4, -0.2) is 42.9 Å². The normalized spacial score (nSPS) is 20.3. The molecular weight excluding hydrogens is 563 g/mol. The van der Waals surface area contributed by atoms with Crippen molar-refractivity contribution in [2.45, 2.75) is 65.6 Å². The first kappa shape index (κ1) is 40.6. The van der Waals surface area contributed by atoms with Gasteiger partial charge in [0.25, 0.3) is 0 Å². The van der Waals surface area contributed by atoms with Gasteiger partial charge in [0, 0.05) is 23.5 Å². The summed E-state index contributed by atoms with van der Waals surface area (Å²) in [5.41, 5.74) is 0.168. The molecule has 4 rings (SSSR count). The van der Waals surface area contributed by atoms with Crippen LogP contribution in [0.15, 0.2) is 64.7 Å². The van der Waals surface area contributed by atoms with E-state index in [1.54, 1.807) is 43.4 Å². The van der Waals surface area contributed by atoms with Gasteiger partial charge in [-0.1, -0.05) is 51.6 Å².